The summed E-state index contributed by atoms with van der Waals surface area (Å²) in [4.78, 5) is 22.5. The van der Waals surface area contributed by atoms with Gasteiger partial charge in [0.1, 0.15) is 0 Å². The molecule has 120 valence electrons. The SMILES string of the molecule is Cc1ccc(C(=O)NCCCc2ccc(Cl)cc2)cc1[N+](=O)[O-]. The molecule has 0 aliphatic heterocycles. The Morgan fingerprint density at radius 3 is 2.57 bits per heavy atom. The average molecular weight is 333 g/mol. The van der Waals surface area contributed by atoms with Crippen LogP contribution in [0.1, 0.15) is 27.9 Å². The van der Waals surface area contributed by atoms with Gasteiger partial charge in [-0.1, -0.05) is 29.8 Å². The van der Waals surface area contributed by atoms with Crippen LogP contribution in [0.15, 0.2) is 42.5 Å². The molecule has 2 aromatic carbocycles. The highest BCUT2D eigenvalue weighted by molar-refractivity contribution is 6.30. The molecule has 1 amide bonds. The monoisotopic (exact) mass is 332 g/mol. The van der Waals surface area contributed by atoms with E-state index in [0.29, 0.717) is 22.7 Å². The summed E-state index contributed by atoms with van der Waals surface area (Å²) in [5.41, 5.74) is 1.94. The molecule has 2 aromatic rings. The average Bonchev–Trinajstić information content (AvgIpc) is 2.53. The number of carbonyl (C=O) groups is 1. The molecule has 0 radical (unpaired) electrons. The van der Waals surface area contributed by atoms with Crippen molar-refractivity contribution in [2.24, 2.45) is 0 Å². The van der Waals surface area contributed by atoms with Gasteiger partial charge in [0.15, 0.2) is 0 Å². The predicted octanol–water partition coefficient (Wildman–Crippen LogP) is 3.92. The molecule has 0 unspecified atom stereocenters. The van der Waals surface area contributed by atoms with Crippen LogP contribution in [0.5, 0.6) is 0 Å². The number of hydrogen-bond donors (Lipinski definition) is 1. The minimum absolute atomic E-state index is 0.0428. The Hall–Kier alpha value is -2.40. The van der Waals surface area contributed by atoms with E-state index >= 15 is 0 Å². The van der Waals surface area contributed by atoms with Crippen LogP contribution in [0, 0.1) is 17.0 Å². The molecule has 0 atom stereocenters. The van der Waals surface area contributed by atoms with E-state index in [-0.39, 0.29) is 11.6 Å². The van der Waals surface area contributed by atoms with Crippen LogP contribution in [0.25, 0.3) is 0 Å². The second-order valence-corrected chi connectivity index (χ2v) is 5.68. The lowest BCUT2D eigenvalue weighted by Crippen LogP contribution is -2.24. The minimum atomic E-state index is -0.480. The third-order valence-corrected chi connectivity index (χ3v) is 3.76. The van der Waals surface area contributed by atoms with Gasteiger partial charge < -0.3 is 5.32 Å². The van der Waals surface area contributed by atoms with Crippen LogP contribution in [0.3, 0.4) is 0 Å². The molecule has 0 fully saturated rings. The Morgan fingerprint density at radius 2 is 1.91 bits per heavy atom. The largest absolute Gasteiger partial charge is 0.352 e. The molecule has 0 saturated heterocycles. The predicted molar refractivity (Wildman–Crippen MR) is 89.9 cm³/mol. The van der Waals surface area contributed by atoms with Gasteiger partial charge in [0.2, 0.25) is 0 Å². The summed E-state index contributed by atoms with van der Waals surface area (Å²) in [5, 5.41) is 14.4. The van der Waals surface area contributed by atoms with Crippen LogP contribution in [-0.2, 0) is 6.42 Å². The maximum absolute atomic E-state index is 12.0. The van der Waals surface area contributed by atoms with Crippen LogP contribution in [0.2, 0.25) is 5.02 Å². The zero-order valence-corrected chi connectivity index (χ0v) is 13.5. The van der Waals surface area contributed by atoms with Gasteiger partial charge in [-0.15, -0.1) is 0 Å². The highest BCUT2D eigenvalue weighted by atomic mass is 35.5. The standard InChI is InChI=1S/C17H17ClN2O3/c1-12-4-7-14(11-16(12)20(22)23)17(21)19-10-2-3-13-5-8-15(18)9-6-13/h4-9,11H,2-3,10H2,1H3,(H,19,21). The third kappa shape index (κ3) is 4.79. The van der Waals surface area contributed by atoms with Gasteiger partial charge in [-0.3, -0.25) is 14.9 Å². The summed E-state index contributed by atoms with van der Waals surface area (Å²) in [6, 6.07) is 12.1. The molecule has 6 heteroatoms. The zero-order chi connectivity index (χ0) is 16.8. The number of hydrogen-bond acceptors (Lipinski definition) is 3. The molecular formula is C17H17ClN2O3. The van der Waals surface area contributed by atoms with Gasteiger partial charge in [-0.2, -0.15) is 0 Å². The zero-order valence-electron chi connectivity index (χ0n) is 12.7. The van der Waals surface area contributed by atoms with Crippen molar-refractivity contribution in [1.82, 2.24) is 5.32 Å². The second kappa shape index (κ2) is 7.74. The molecule has 0 bridgehead atoms. The first-order chi connectivity index (χ1) is 11.0. The lowest BCUT2D eigenvalue weighted by molar-refractivity contribution is -0.385. The van der Waals surface area contributed by atoms with Crippen molar-refractivity contribution >= 4 is 23.2 Å². The molecule has 2 rings (SSSR count). The first-order valence-electron chi connectivity index (χ1n) is 7.25. The molecule has 0 aliphatic carbocycles. The van der Waals surface area contributed by atoms with E-state index in [1.165, 1.54) is 6.07 Å². The first kappa shape index (κ1) is 17.0. The number of rotatable bonds is 6. The van der Waals surface area contributed by atoms with E-state index in [0.717, 1.165) is 18.4 Å². The number of amides is 1. The molecule has 23 heavy (non-hydrogen) atoms. The van der Waals surface area contributed by atoms with Crippen LogP contribution >= 0.6 is 11.6 Å². The van der Waals surface area contributed by atoms with E-state index in [1.54, 1.807) is 19.1 Å². The second-order valence-electron chi connectivity index (χ2n) is 5.24. The Bertz CT molecular complexity index is 714. The lowest BCUT2D eigenvalue weighted by atomic mass is 10.1. The van der Waals surface area contributed by atoms with Gasteiger partial charge in [-0.25, -0.2) is 0 Å². The fraction of sp³-hybridized carbons (Fsp3) is 0.235. The first-order valence-corrected chi connectivity index (χ1v) is 7.63. The summed E-state index contributed by atoms with van der Waals surface area (Å²) < 4.78 is 0. The van der Waals surface area contributed by atoms with Crippen molar-refractivity contribution < 1.29 is 9.72 Å². The topological polar surface area (TPSA) is 72.2 Å². The number of halogens is 1. The number of nitro groups is 1. The highest BCUT2D eigenvalue weighted by Crippen LogP contribution is 2.19. The van der Waals surface area contributed by atoms with Gasteiger partial charge >= 0.3 is 0 Å². The lowest BCUT2D eigenvalue weighted by Gasteiger charge is -2.06. The number of benzene rings is 2. The van der Waals surface area contributed by atoms with Crippen molar-refractivity contribution in [3.63, 3.8) is 0 Å². The van der Waals surface area contributed by atoms with Gasteiger partial charge in [0.05, 0.1) is 4.92 Å². The fourth-order valence-electron chi connectivity index (χ4n) is 2.19. The van der Waals surface area contributed by atoms with Crippen molar-refractivity contribution in [2.75, 3.05) is 6.54 Å². The van der Waals surface area contributed by atoms with E-state index in [4.69, 9.17) is 11.6 Å². The van der Waals surface area contributed by atoms with E-state index in [9.17, 15) is 14.9 Å². The number of nitro benzene ring substituents is 1. The molecule has 0 heterocycles. The van der Waals surface area contributed by atoms with Crippen LogP contribution in [0.4, 0.5) is 5.69 Å². The van der Waals surface area contributed by atoms with Gasteiger partial charge in [0, 0.05) is 28.8 Å². The summed E-state index contributed by atoms with van der Waals surface area (Å²) in [5.74, 6) is -0.302. The maximum atomic E-state index is 12.0. The Labute approximate surface area is 139 Å². The molecule has 1 N–H and O–H groups in total. The van der Waals surface area contributed by atoms with Gasteiger partial charge in [0.25, 0.3) is 11.6 Å². The van der Waals surface area contributed by atoms with E-state index in [1.807, 2.05) is 24.3 Å². The highest BCUT2D eigenvalue weighted by Gasteiger charge is 2.14. The minimum Gasteiger partial charge on any atom is -0.352 e. The summed E-state index contributed by atoms with van der Waals surface area (Å²) >= 11 is 5.82. The molecule has 0 spiro atoms. The van der Waals surface area contributed by atoms with E-state index in [2.05, 4.69) is 5.32 Å². The Morgan fingerprint density at radius 1 is 1.22 bits per heavy atom. The van der Waals surface area contributed by atoms with Crippen molar-refractivity contribution in [3.05, 3.63) is 74.3 Å². The number of nitrogens with one attached hydrogen (secondary N) is 1. The summed E-state index contributed by atoms with van der Waals surface area (Å²) in [6.45, 7) is 2.15. The number of aryl methyl sites for hydroxylation is 2. The summed E-state index contributed by atoms with van der Waals surface area (Å²) in [7, 11) is 0. The van der Waals surface area contributed by atoms with Gasteiger partial charge in [-0.05, 0) is 43.5 Å². The molecule has 0 aliphatic rings. The maximum Gasteiger partial charge on any atom is 0.273 e. The van der Waals surface area contributed by atoms with E-state index < -0.39 is 4.92 Å². The number of nitrogens with zero attached hydrogens (tertiary/aromatic N) is 1. The van der Waals surface area contributed by atoms with Crippen molar-refractivity contribution in [2.45, 2.75) is 19.8 Å². The Kier molecular flexibility index (Phi) is 5.71. The quantitative estimate of drug-likeness (QED) is 0.495. The fourth-order valence-corrected chi connectivity index (χ4v) is 2.32. The van der Waals surface area contributed by atoms with Crippen molar-refractivity contribution in [3.8, 4) is 0 Å². The van der Waals surface area contributed by atoms with Crippen LogP contribution in [-0.4, -0.2) is 17.4 Å². The number of carbonyl (C=O) groups excluding carboxylic acids is 1. The molecular weight excluding hydrogens is 316 g/mol. The summed E-state index contributed by atoms with van der Waals surface area (Å²) in [6.07, 6.45) is 1.60. The van der Waals surface area contributed by atoms with Crippen molar-refractivity contribution in [1.29, 1.82) is 0 Å². The third-order valence-electron chi connectivity index (χ3n) is 3.51. The molecule has 0 saturated carbocycles. The molecule has 5 nitrogen and oxygen atoms in total. The molecule has 0 aromatic heterocycles. The Balaban J connectivity index is 1.86. The smallest absolute Gasteiger partial charge is 0.273 e. The van der Waals surface area contributed by atoms with Crippen LogP contribution < -0.4 is 5.32 Å². The normalized spacial score (nSPS) is 10.3.